The number of amides is 1. The van der Waals surface area contributed by atoms with E-state index in [1.54, 1.807) is 6.07 Å². The van der Waals surface area contributed by atoms with Gasteiger partial charge in [-0.05, 0) is 35.1 Å². The monoisotopic (exact) mass is 386 g/mol. The van der Waals surface area contributed by atoms with Crippen LogP contribution in [0.3, 0.4) is 0 Å². The van der Waals surface area contributed by atoms with Gasteiger partial charge in [-0.3, -0.25) is 9.52 Å². The van der Waals surface area contributed by atoms with E-state index >= 15 is 0 Å². The molecule has 0 aromatic carbocycles. The number of nitrogens with zero attached hydrogens (tertiary/aromatic N) is 1. The summed E-state index contributed by atoms with van der Waals surface area (Å²) in [6.07, 6.45) is 1.78. The lowest BCUT2D eigenvalue weighted by molar-refractivity contribution is -0.122. The van der Waals surface area contributed by atoms with Gasteiger partial charge in [-0.15, -0.1) is 11.3 Å². The molecule has 0 bridgehead atoms. The van der Waals surface area contributed by atoms with Crippen molar-refractivity contribution in [3.05, 3.63) is 50.9 Å². The smallest absolute Gasteiger partial charge is 0.239 e. The molecule has 0 unspecified atom stereocenters. The largest absolute Gasteiger partial charge is 0.372 e. The van der Waals surface area contributed by atoms with Gasteiger partial charge in [-0.1, -0.05) is 17.7 Å². The van der Waals surface area contributed by atoms with E-state index in [0.717, 1.165) is 11.3 Å². The Balaban J connectivity index is 1.61. The van der Waals surface area contributed by atoms with Gasteiger partial charge in [-0.2, -0.15) is 0 Å². The molecule has 0 spiro atoms. The molecular weight excluding hydrogens is 372 g/mol. The van der Waals surface area contributed by atoms with Crippen molar-refractivity contribution >= 4 is 38.9 Å². The highest BCUT2D eigenvalue weighted by molar-refractivity contribution is 7.89. The second-order valence-electron chi connectivity index (χ2n) is 5.40. The minimum absolute atomic E-state index is 0.0222. The van der Waals surface area contributed by atoms with Crippen LogP contribution in [0.25, 0.3) is 0 Å². The molecule has 0 saturated carbocycles. The number of carbonyl (C=O) groups excluding carboxylic acids is 1. The lowest BCUT2D eigenvalue weighted by atomic mass is 10.1. The van der Waals surface area contributed by atoms with E-state index in [4.69, 9.17) is 16.3 Å². The Labute approximate surface area is 148 Å². The molecule has 1 amide bonds. The molecule has 1 aliphatic heterocycles. The van der Waals surface area contributed by atoms with Gasteiger partial charge in [-0.25, -0.2) is 13.4 Å². The summed E-state index contributed by atoms with van der Waals surface area (Å²) in [5.41, 5.74) is 1.62. The van der Waals surface area contributed by atoms with Crippen LogP contribution in [0.5, 0.6) is 0 Å². The average molecular weight is 387 g/mol. The fourth-order valence-corrected chi connectivity index (χ4v) is 4.73. The van der Waals surface area contributed by atoms with Crippen LogP contribution in [0.1, 0.15) is 28.5 Å². The third-order valence-corrected chi connectivity index (χ3v) is 6.08. The van der Waals surface area contributed by atoms with E-state index in [-0.39, 0.29) is 23.4 Å². The van der Waals surface area contributed by atoms with Crippen molar-refractivity contribution < 1.29 is 17.9 Å². The molecule has 128 valence electrons. The minimum Gasteiger partial charge on any atom is -0.372 e. The molecule has 0 fully saturated rings. The number of nitrogens with one attached hydrogen (secondary N) is 1. The molecule has 1 aliphatic rings. The maximum Gasteiger partial charge on any atom is 0.239 e. The summed E-state index contributed by atoms with van der Waals surface area (Å²) >= 11 is 7.19. The number of sulfonamides is 1. The number of carbonyl (C=O) groups is 1. The SMILES string of the molecule is O=C(C[C@H]1OCCc2ccsc21)NS(=O)(=O)Cc1ccc(Cl)nc1. The number of thiophene rings is 1. The summed E-state index contributed by atoms with van der Waals surface area (Å²) in [7, 11) is -3.80. The number of fused-ring (bicyclic) bond motifs is 1. The van der Waals surface area contributed by atoms with Gasteiger partial charge in [0.1, 0.15) is 11.3 Å². The molecule has 0 aliphatic carbocycles. The summed E-state index contributed by atoms with van der Waals surface area (Å²) in [5, 5.41) is 2.23. The van der Waals surface area contributed by atoms with Crippen LogP contribution in [0.4, 0.5) is 0 Å². The Morgan fingerprint density at radius 1 is 1.42 bits per heavy atom. The van der Waals surface area contributed by atoms with Gasteiger partial charge in [0.2, 0.25) is 15.9 Å². The van der Waals surface area contributed by atoms with E-state index in [9.17, 15) is 13.2 Å². The number of ether oxygens (including phenoxy) is 1. The molecule has 1 N–H and O–H groups in total. The third kappa shape index (κ3) is 4.32. The second kappa shape index (κ2) is 7.18. The Bertz CT molecular complexity index is 833. The Hall–Kier alpha value is -1.48. The average Bonchev–Trinajstić information content (AvgIpc) is 2.98. The number of pyridine rings is 1. The van der Waals surface area contributed by atoms with Crippen LogP contribution < -0.4 is 4.72 Å². The highest BCUT2D eigenvalue weighted by atomic mass is 35.5. The van der Waals surface area contributed by atoms with Crippen molar-refractivity contribution in [2.24, 2.45) is 0 Å². The van der Waals surface area contributed by atoms with E-state index in [2.05, 4.69) is 9.71 Å². The molecule has 3 rings (SSSR count). The standard InChI is InChI=1S/C15H15ClN2O4S2/c16-13-2-1-10(8-17-13)9-24(20,21)18-14(19)7-12-15-11(3-5-22-12)4-6-23-15/h1-2,4,6,8,12H,3,5,7,9H2,(H,18,19)/t12-/m1/s1. The molecule has 0 saturated heterocycles. The third-order valence-electron chi connectivity index (χ3n) is 3.55. The Morgan fingerprint density at radius 2 is 2.25 bits per heavy atom. The molecule has 1 atom stereocenters. The first-order valence-corrected chi connectivity index (χ1v) is 10.2. The first-order valence-electron chi connectivity index (χ1n) is 7.24. The zero-order chi connectivity index (χ0) is 17.2. The molecule has 24 heavy (non-hydrogen) atoms. The summed E-state index contributed by atoms with van der Waals surface area (Å²) in [4.78, 5) is 16.9. The quantitative estimate of drug-likeness (QED) is 0.798. The molecular formula is C15H15ClN2O4S2. The summed E-state index contributed by atoms with van der Waals surface area (Å²) in [5.74, 6) is -0.915. The zero-order valence-electron chi connectivity index (χ0n) is 12.6. The lowest BCUT2D eigenvalue weighted by Crippen LogP contribution is -2.33. The maximum atomic E-state index is 12.1. The van der Waals surface area contributed by atoms with Crippen molar-refractivity contribution in [1.29, 1.82) is 0 Å². The molecule has 0 radical (unpaired) electrons. The predicted molar refractivity (Wildman–Crippen MR) is 91.3 cm³/mol. The zero-order valence-corrected chi connectivity index (χ0v) is 15.0. The van der Waals surface area contributed by atoms with Crippen molar-refractivity contribution in [3.63, 3.8) is 0 Å². The lowest BCUT2D eigenvalue weighted by Gasteiger charge is -2.22. The van der Waals surface area contributed by atoms with Crippen LogP contribution >= 0.6 is 22.9 Å². The Kier molecular flexibility index (Phi) is 5.19. The first-order chi connectivity index (χ1) is 11.4. The normalized spacial score (nSPS) is 17.3. The van der Waals surface area contributed by atoms with Gasteiger partial charge >= 0.3 is 0 Å². The minimum atomic E-state index is -3.80. The summed E-state index contributed by atoms with van der Waals surface area (Å²) in [6, 6.07) is 5.07. The molecule has 2 aromatic rings. The van der Waals surface area contributed by atoms with Crippen molar-refractivity contribution in [2.45, 2.75) is 24.7 Å². The highest BCUT2D eigenvalue weighted by Crippen LogP contribution is 2.33. The second-order valence-corrected chi connectivity index (χ2v) is 8.45. The van der Waals surface area contributed by atoms with Crippen LogP contribution in [0.15, 0.2) is 29.8 Å². The molecule has 6 nitrogen and oxygen atoms in total. The first kappa shape index (κ1) is 17.3. The summed E-state index contributed by atoms with van der Waals surface area (Å²) in [6.45, 7) is 0.533. The van der Waals surface area contributed by atoms with Gasteiger partial charge in [0.15, 0.2) is 0 Å². The van der Waals surface area contributed by atoms with Crippen LogP contribution in [0.2, 0.25) is 5.15 Å². The molecule has 9 heteroatoms. The fraction of sp³-hybridized carbons (Fsp3) is 0.333. The predicted octanol–water partition coefficient (Wildman–Crippen LogP) is 2.45. The van der Waals surface area contributed by atoms with E-state index in [1.165, 1.54) is 29.2 Å². The Morgan fingerprint density at radius 3 is 3.00 bits per heavy atom. The fourth-order valence-electron chi connectivity index (χ4n) is 2.51. The number of rotatable bonds is 5. The topological polar surface area (TPSA) is 85.4 Å². The van der Waals surface area contributed by atoms with Crippen LogP contribution in [0, 0.1) is 0 Å². The van der Waals surface area contributed by atoms with Crippen molar-refractivity contribution in [1.82, 2.24) is 9.71 Å². The van der Waals surface area contributed by atoms with Crippen LogP contribution in [-0.4, -0.2) is 25.9 Å². The van der Waals surface area contributed by atoms with Gasteiger partial charge in [0.05, 0.1) is 18.8 Å². The maximum absolute atomic E-state index is 12.1. The number of hydrogen-bond donors (Lipinski definition) is 1. The van der Waals surface area contributed by atoms with Crippen LogP contribution in [-0.2, 0) is 31.7 Å². The van der Waals surface area contributed by atoms with Crippen molar-refractivity contribution in [3.8, 4) is 0 Å². The van der Waals surface area contributed by atoms with Gasteiger partial charge in [0.25, 0.3) is 0 Å². The number of aromatic nitrogens is 1. The van der Waals surface area contributed by atoms with E-state index < -0.39 is 15.9 Å². The summed E-state index contributed by atoms with van der Waals surface area (Å²) < 4.78 is 31.9. The molecule has 3 heterocycles. The number of halogens is 1. The van der Waals surface area contributed by atoms with Gasteiger partial charge < -0.3 is 4.74 Å². The van der Waals surface area contributed by atoms with Gasteiger partial charge in [0, 0.05) is 11.1 Å². The van der Waals surface area contributed by atoms with E-state index in [0.29, 0.717) is 12.2 Å². The van der Waals surface area contributed by atoms with Crippen molar-refractivity contribution in [2.75, 3.05) is 6.61 Å². The highest BCUT2D eigenvalue weighted by Gasteiger charge is 2.26. The number of hydrogen-bond acceptors (Lipinski definition) is 6. The van der Waals surface area contributed by atoms with E-state index in [1.807, 2.05) is 11.4 Å². The molecule has 2 aromatic heterocycles.